The Morgan fingerprint density at radius 1 is 1.00 bits per heavy atom. The van der Waals surface area contributed by atoms with E-state index < -0.39 is 0 Å². The first-order valence-electron chi connectivity index (χ1n) is 9.30. The summed E-state index contributed by atoms with van der Waals surface area (Å²) in [7, 11) is 0. The molecule has 1 aromatic heterocycles. The first kappa shape index (κ1) is 18.1. The molecule has 0 saturated heterocycles. The predicted octanol–water partition coefficient (Wildman–Crippen LogP) is 6.43. The van der Waals surface area contributed by atoms with Crippen LogP contribution in [0.1, 0.15) is 11.1 Å². The second kappa shape index (κ2) is 7.47. The Hall–Kier alpha value is -2.95. The fourth-order valence-electron chi connectivity index (χ4n) is 3.60. The number of amides is 1. The van der Waals surface area contributed by atoms with Crippen LogP contribution in [0, 0.1) is 0 Å². The van der Waals surface area contributed by atoms with Crippen LogP contribution in [0.4, 0.5) is 5.69 Å². The van der Waals surface area contributed by atoms with Gasteiger partial charge in [0.1, 0.15) is 0 Å². The summed E-state index contributed by atoms with van der Waals surface area (Å²) < 4.78 is 2.20. The molecule has 1 amide bonds. The number of benzene rings is 3. The quantitative estimate of drug-likeness (QED) is 0.390. The molecule has 0 spiro atoms. The van der Waals surface area contributed by atoms with E-state index in [1.165, 1.54) is 11.8 Å². The Morgan fingerprint density at radius 3 is 2.72 bits per heavy atom. The second-order valence-electron chi connectivity index (χ2n) is 6.92. The molecule has 1 N–H and O–H groups in total. The maximum absolute atomic E-state index is 12.6. The maximum Gasteiger partial charge on any atom is 0.262 e. The molecule has 3 nitrogen and oxygen atoms in total. The molecule has 5 rings (SSSR count). The molecule has 0 unspecified atom stereocenters. The van der Waals surface area contributed by atoms with Crippen LogP contribution >= 0.6 is 23.4 Å². The average Bonchev–Trinajstić information content (AvgIpc) is 3.06. The van der Waals surface area contributed by atoms with Crippen LogP contribution in [0.2, 0.25) is 5.02 Å². The molecule has 4 aromatic rings. The molecule has 1 aliphatic rings. The van der Waals surface area contributed by atoms with E-state index >= 15 is 0 Å². The molecule has 5 heteroatoms. The Labute approximate surface area is 178 Å². The highest BCUT2D eigenvalue weighted by Crippen LogP contribution is 2.39. The summed E-state index contributed by atoms with van der Waals surface area (Å²) >= 11 is 7.66. The van der Waals surface area contributed by atoms with E-state index in [0.717, 1.165) is 37.6 Å². The summed E-state index contributed by atoms with van der Waals surface area (Å²) in [4.78, 5) is 14.4. The van der Waals surface area contributed by atoms with Crippen molar-refractivity contribution in [1.82, 2.24) is 4.57 Å². The summed E-state index contributed by atoms with van der Waals surface area (Å²) in [5.41, 5.74) is 4.15. The minimum Gasteiger partial charge on any atom is -0.342 e. The third-order valence-corrected chi connectivity index (χ3v) is 6.26. The fraction of sp³-hybridized carbons (Fsp3) is 0.0417. The zero-order valence-corrected chi connectivity index (χ0v) is 17.0. The van der Waals surface area contributed by atoms with Gasteiger partial charge in [0.15, 0.2) is 0 Å². The number of carbonyl (C=O) groups is 1. The lowest BCUT2D eigenvalue weighted by Crippen LogP contribution is -2.16. The summed E-state index contributed by atoms with van der Waals surface area (Å²) in [6.45, 7) is 0.715. The first-order chi connectivity index (χ1) is 14.2. The Balaban J connectivity index is 1.56. The van der Waals surface area contributed by atoms with E-state index in [9.17, 15) is 4.79 Å². The van der Waals surface area contributed by atoms with Crippen LogP contribution in [0.25, 0.3) is 17.0 Å². The van der Waals surface area contributed by atoms with E-state index in [-0.39, 0.29) is 5.91 Å². The molecule has 0 radical (unpaired) electrons. The molecule has 0 fully saturated rings. The molecule has 1 aliphatic heterocycles. The van der Waals surface area contributed by atoms with Crippen molar-refractivity contribution in [2.75, 3.05) is 5.32 Å². The number of aromatic nitrogens is 1. The summed E-state index contributed by atoms with van der Waals surface area (Å²) in [5.74, 6) is -0.0691. The molecule has 0 bridgehead atoms. The van der Waals surface area contributed by atoms with Gasteiger partial charge >= 0.3 is 0 Å². The maximum atomic E-state index is 12.6. The highest BCUT2D eigenvalue weighted by atomic mass is 35.5. The van der Waals surface area contributed by atoms with Crippen molar-refractivity contribution < 1.29 is 4.79 Å². The van der Waals surface area contributed by atoms with Gasteiger partial charge in [-0.25, -0.2) is 0 Å². The van der Waals surface area contributed by atoms with Crippen molar-refractivity contribution in [2.45, 2.75) is 11.4 Å². The number of carbonyl (C=O) groups excluding carboxylic acids is 1. The number of hydrogen-bond donors (Lipinski definition) is 1. The SMILES string of the molecule is O=C1Nc2ccccc2S/C1=C\c1cn(Cc2cccc(Cl)c2)c2ccccc12. The number of hydrogen-bond acceptors (Lipinski definition) is 2. The Morgan fingerprint density at radius 2 is 1.83 bits per heavy atom. The number of fused-ring (bicyclic) bond motifs is 2. The van der Waals surface area contributed by atoms with Crippen LogP contribution in [0.3, 0.4) is 0 Å². The van der Waals surface area contributed by atoms with Crippen molar-refractivity contribution in [1.29, 1.82) is 0 Å². The van der Waals surface area contributed by atoms with E-state index in [1.54, 1.807) is 0 Å². The summed E-state index contributed by atoms with van der Waals surface area (Å²) in [6, 6.07) is 24.0. The minimum atomic E-state index is -0.0691. The Bertz CT molecular complexity index is 1270. The molecular formula is C24H17ClN2OS. The van der Waals surface area contributed by atoms with Crippen molar-refractivity contribution >= 4 is 51.9 Å². The predicted molar refractivity (Wildman–Crippen MR) is 121 cm³/mol. The molecule has 142 valence electrons. The highest BCUT2D eigenvalue weighted by Gasteiger charge is 2.21. The van der Waals surface area contributed by atoms with Gasteiger partial charge in [0.25, 0.3) is 5.91 Å². The van der Waals surface area contributed by atoms with Gasteiger partial charge in [-0.15, -0.1) is 0 Å². The van der Waals surface area contributed by atoms with Crippen LogP contribution in [-0.4, -0.2) is 10.5 Å². The lowest BCUT2D eigenvalue weighted by molar-refractivity contribution is -0.112. The van der Waals surface area contributed by atoms with E-state index in [4.69, 9.17) is 11.6 Å². The van der Waals surface area contributed by atoms with E-state index in [1.807, 2.05) is 60.7 Å². The number of nitrogens with zero attached hydrogens (tertiary/aromatic N) is 1. The van der Waals surface area contributed by atoms with Crippen LogP contribution in [0.15, 0.2) is 88.8 Å². The van der Waals surface area contributed by atoms with Crippen LogP contribution in [0.5, 0.6) is 0 Å². The summed E-state index contributed by atoms with van der Waals surface area (Å²) in [5, 5.41) is 4.83. The van der Waals surface area contributed by atoms with Gasteiger partial charge < -0.3 is 9.88 Å². The van der Waals surface area contributed by atoms with Crippen LogP contribution < -0.4 is 5.32 Å². The van der Waals surface area contributed by atoms with Gasteiger partial charge in [0.05, 0.1) is 10.6 Å². The minimum absolute atomic E-state index is 0.0691. The van der Waals surface area contributed by atoms with E-state index in [0.29, 0.717) is 11.4 Å². The molecule has 2 heterocycles. The number of thioether (sulfide) groups is 1. The molecule has 29 heavy (non-hydrogen) atoms. The third kappa shape index (κ3) is 3.57. The summed E-state index contributed by atoms with van der Waals surface area (Å²) in [6.07, 6.45) is 4.08. The number of rotatable bonds is 3. The molecule has 0 aliphatic carbocycles. The van der Waals surface area contributed by atoms with Gasteiger partial charge in [0, 0.05) is 39.1 Å². The topological polar surface area (TPSA) is 34.0 Å². The van der Waals surface area contributed by atoms with Gasteiger partial charge in [-0.2, -0.15) is 0 Å². The average molecular weight is 417 g/mol. The standard InChI is InChI=1S/C24H17ClN2OS/c25-18-7-5-6-16(12-18)14-27-15-17(19-8-1-3-10-21(19)27)13-23-24(28)26-20-9-2-4-11-22(20)29-23/h1-13,15H,14H2,(H,26,28)/b23-13-. The van der Waals surface area contributed by atoms with Crippen molar-refractivity contribution in [3.8, 4) is 0 Å². The monoisotopic (exact) mass is 416 g/mol. The van der Waals surface area contributed by atoms with Crippen molar-refractivity contribution in [2.24, 2.45) is 0 Å². The van der Waals surface area contributed by atoms with E-state index in [2.05, 4.69) is 34.3 Å². The fourth-order valence-corrected chi connectivity index (χ4v) is 4.75. The third-order valence-electron chi connectivity index (χ3n) is 4.93. The Kier molecular flexibility index (Phi) is 4.66. The molecule has 3 aromatic carbocycles. The van der Waals surface area contributed by atoms with Gasteiger partial charge in [-0.05, 0) is 42.0 Å². The van der Waals surface area contributed by atoms with Crippen molar-refractivity contribution in [3.63, 3.8) is 0 Å². The zero-order chi connectivity index (χ0) is 19.8. The zero-order valence-electron chi connectivity index (χ0n) is 15.4. The number of anilines is 1. The smallest absolute Gasteiger partial charge is 0.262 e. The number of para-hydroxylation sites is 2. The normalized spacial score (nSPS) is 14.8. The lowest BCUT2D eigenvalue weighted by atomic mass is 10.1. The first-order valence-corrected chi connectivity index (χ1v) is 10.5. The van der Waals surface area contributed by atoms with Crippen molar-refractivity contribution in [3.05, 3.63) is 100 Å². The van der Waals surface area contributed by atoms with Gasteiger partial charge in [-0.1, -0.05) is 65.8 Å². The number of halogens is 1. The lowest BCUT2D eigenvalue weighted by Gasteiger charge is -2.18. The largest absolute Gasteiger partial charge is 0.342 e. The number of nitrogens with one attached hydrogen (secondary N) is 1. The highest BCUT2D eigenvalue weighted by molar-refractivity contribution is 8.04. The van der Waals surface area contributed by atoms with Gasteiger partial charge in [0.2, 0.25) is 0 Å². The molecule has 0 atom stereocenters. The van der Waals surface area contributed by atoms with Gasteiger partial charge in [-0.3, -0.25) is 4.79 Å². The van der Waals surface area contributed by atoms with Crippen LogP contribution in [-0.2, 0) is 11.3 Å². The second-order valence-corrected chi connectivity index (χ2v) is 8.44. The molecular weight excluding hydrogens is 400 g/mol. The molecule has 0 saturated carbocycles.